The molecule has 8 aromatic carbocycles. The van der Waals surface area contributed by atoms with Gasteiger partial charge in [-0.3, -0.25) is 0 Å². The second-order valence-corrected chi connectivity index (χ2v) is 13.0. The van der Waals surface area contributed by atoms with Crippen molar-refractivity contribution < 1.29 is 4.42 Å². The molecule has 0 aliphatic carbocycles. The maximum absolute atomic E-state index is 6.38. The van der Waals surface area contributed by atoms with Gasteiger partial charge in [-0.25, -0.2) is 0 Å². The van der Waals surface area contributed by atoms with Gasteiger partial charge >= 0.3 is 0 Å². The Morgan fingerprint density at radius 3 is 1.75 bits per heavy atom. The van der Waals surface area contributed by atoms with Gasteiger partial charge in [0.15, 0.2) is 0 Å². The zero-order valence-corrected chi connectivity index (χ0v) is 27.8. The topological polar surface area (TPSA) is 21.3 Å². The van der Waals surface area contributed by atoms with Crippen molar-refractivity contribution in [1.29, 1.82) is 0 Å². The Morgan fingerprint density at radius 1 is 0.373 bits per heavy atom. The number of para-hydroxylation sites is 3. The van der Waals surface area contributed by atoms with E-state index in [-0.39, 0.29) is 0 Å². The minimum Gasteiger partial charge on any atom is -0.456 e. The summed E-state index contributed by atoms with van der Waals surface area (Å²) in [5, 5.41) is 4.64. The summed E-state index contributed by atoms with van der Waals surface area (Å²) in [6.07, 6.45) is 0. The van der Waals surface area contributed by atoms with Crippen LogP contribution in [-0.2, 0) is 0 Å². The average molecular weight is 653 g/mol. The van der Waals surface area contributed by atoms with Crippen molar-refractivity contribution in [3.8, 4) is 27.9 Å². The molecule has 0 aliphatic heterocycles. The van der Waals surface area contributed by atoms with Crippen molar-refractivity contribution in [3.63, 3.8) is 0 Å². The highest BCUT2D eigenvalue weighted by Gasteiger charge is 2.21. The molecule has 0 fully saturated rings. The van der Waals surface area contributed by atoms with Crippen LogP contribution in [-0.4, -0.2) is 4.57 Å². The van der Waals surface area contributed by atoms with Crippen molar-refractivity contribution in [2.75, 3.05) is 4.90 Å². The highest BCUT2D eigenvalue weighted by atomic mass is 16.3. The zero-order valence-electron chi connectivity index (χ0n) is 27.8. The smallest absolute Gasteiger partial charge is 0.137 e. The Morgan fingerprint density at radius 2 is 0.980 bits per heavy atom. The Labute approximate surface area is 295 Å². The molecule has 3 nitrogen and oxygen atoms in total. The van der Waals surface area contributed by atoms with Crippen LogP contribution in [0.4, 0.5) is 17.1 Å². The molecule has 0 bridgehead atoms. The Hall–Kier alpha value is -6.84. The van der Waals surface area contributed by atoms with Gasteiger partial charge in [-0.05, 0) is 89.5 Å². The minimum atomic E-state index is 0.872. The normalized spacial score (nSPS) is 11.5. The monoisotopic (exact) mass is 652 g/mol. The van der Waals surface area contributed by atoms with Crippen LogP contribution >= 0.6 is 0 Å². The predicted molar refractivity (Wildman–Crippen MR) is 214 cm³/mol. The fourth-order valence-electron chi connectivity index (χ4n) is 7.63. The lowest BCUT2D eigenvalue weighted by Crippen LogP contribution is -2.09. The molecule has 2 aromatic heterocycles. The summed E-state index contributed by atoms with van der Waals surface area (Å²) in [5.41, 5.74) is 13.2. The highest BCUT2D eigenvalue weighted by Crippen LogP contribution is 2.44. The van der Waals surface area contributed by atoms with Crippen molar-refractivity contribution in [3.05, 3.63) is 194 Å². The van der Waals surface area contributed by atoms with Gasteiger partial charge < -0.3 is 13.9 Å². The van der Waals surface area contributed by atoms with Crippen molar-refractivity contribution in [1.82, 2.24) is 4.57 Å². The Kier molecular flexibility index (Phi) is 6.81. The average Bonchev–Trinajstić information content (AvgIpc) is 3.74. The molecule has 240 valence electrons. The molecule has 0 unspecified atom stereocenters. The molecule has 0 saturated carbocycles. The number of nitrogens with zero attached hydrogens (tertiary/aromatic N) is 2. The summed E-state index contributed by atoms with van der Waals surface area (Å²) in [6.45, 7) is 0. The summed E-state index contributed by atoms with van der Waals surface area (Å²) < 4.78 is 8.81. The minimum absolute atomic E-state index is 0.872. The first kappa shape index (κ1) is 29.1. The molecular weight excluding hydrogens is 621 g/mol. The molecule has 10 rings (SSSR count). The van der Waals surface area contributed by atoms with Crippen LogP contribution < -0.4 is 4.90 Å². The standard InChI is InChI=1S/C48H32N2O/c1-5-15-33(16-6-1)35-29-42(34-17-7-2-8-18-34)48-44(30-35)43-31-38(26-28-45(43)50(48)37-21-11-4-12-22-37)49(36-19-9-3-10-20-36)39-25-27-41-40-23-13-14-24-46(40)51-47(41)32-39/h1-32H. The van der Waals surface area contributed by atoms with E-state index < -0.39 is 0 Å². The quantitative estimate of drug-likeness (QED) is 0.178. The summed E-state index contributed by atoms with van der Waals surface area (Å²) in [7, 11) is 0. The molecule has 3 heteroatoms. The van der Waals surface area contributed by atoms with Gasteiger partial charge in [-0.2, -0.15) is 0 Å². The number of furan rings is 1. The van der Waals surface area contributed by atoms with E-state index in [1.54, 1.807) is 0 Å². The number of aromatic nitrogens is 1. The molecule has 0 spiro atoms. The van der Waals surface area contributed by atoms with Crippen LogP contribution in [0.15, 0.2) is 199 Å². The Balaban J connectivity index is 1.27. The zero-order chi connectivity index (χ0) is 33.7. The van der Waals surface area contributed by atoms with Crippen molar-refractivity contribution in [2.45, 2.75) is 0 Å². The number of anilines is 3. The van der Waals surface area contributed by atoms with Gasteiger partial charge in [0.1, 0.15) is 11.2 Å². The number of hydrogen-bond acceptors (Lipinski definition) is 2. The van der Waals surface area contributed by atoms with Crippen LogP contribution in [0.25, 0.3) is 71.7 Å². The van der Waals surface area contributed by atoms with Gasteiger partial charge in [-0.15, -0.1) is 0 Å². The van der Waals surface area contributed by atoms with Gasteiger partial charge in [0.25, 0.3) is 0 Å². The predicted octanol–water partition coefficient (Wildman–Crippen LogP) is 13.5. The highest BCUT2D eigenvalue weighted by molar-refractivity contribution is 6.16. The molecule has 10 aromatic rings. The molecule has 0 N–H and O–H groups in total. The third kappa shape index (κ3) is 4.90. The summed E-state index contributed by atoms with van der Waals surface area (Å²) >= 11 is 0. The third-order valence-electron chi connectivity index (χ3n) is 9.94. The number of fused-ring (bicyclic) bond motifs is 6. The number of hydrogen-bond donors (Lipinski definition) is 0. The Bertz CT molecular complexity index is 2840. The van der Waals surface area contributed by atoms with Gasteiger partial charge in [0, 0.05) is 55.9 Å². The van der Waals surface area contributed by atoms with E-state index in [1.807, 2.05) is 12.1 Å². The molecule has 2 heterocycles. The van der Waals surface area contributed by atoms with Gasteiger partial charge in [0.05, 0.1) is 11.0 Å². The van der Waals surface area contributed by atoms with Crippen LogP contribution in [0.1, 0.15) is 0 Å². The van der Waals surface area contributed by atoms with Crippen molar-refractivity contribution >= 4 is 60.8 Å². The molecule has 0 radical (unpaired) electrons. The summed E-state index contributed by atoms with van der Waals surface area (Å²) in [5.74, 6) is 0. The van der Waals surface area contributed by atoms with E-state index >= 15 is 0 Å². The molecule has 0 atom stereocenters. The number of benzene rings is 8. The van der Waals surface area contributed by atoms with E-state index in [0.29, 0.717) is 0 Å². The third-order valence-corrected chi connectivity index (χ3v) is 9.94. The molecule has 0 amide bonds. The van der Waals surface area contributed by atoms with Gasteiger partial charge in [0.2, 0.25) is 0 Å². The summed E-state index contributed by atoms with van der Waals surface area (Å²) in [4.78, 5) is 2.33. The van der Waals surface area contributed by atoms with Crippen LogP contribution in [0, 0.1) is 0 Å². The lowest BCUT2D eigenvalue weighted by atomic mass is 9.95. The SMILES string of the molecule is c1ccc(-c2cc(-c3ccccc3)c3c(c2)c2cc(N(c4ccccc4)c4ccc5c(c4)oc4ccccc45)ccc2n3-c2ccccc2)cc1. The lowest BCUT2D eigenvalue weighted by molar-refractivity contribution is 0.669. The van der Waals surface area contributed by atoms with E-state index in [1.165, 1.54) is 38.5 Å². The molecular formula is C48H32N2O. The van der Waals surface area contributed by atoms with Crippen LogP contribution in [0.5, 0.6) is 0 Å². The van der Waals surface area contributed by atoms with E-state index in [9.17, 15) is 0 Å². The molecule has 51 heavy (non-hydrogen) atoms. The van der Waals surface area contributed by atoms with Crippen molar-refractivity contribution in [2.24, 2.45) is 0 Å². The largest absolute Gasteiger partial charge is 0.456 e. The second-order valence-electron chi connectivity index (χ2n) is 13.0. The second kappa shape index (κ2) is 11.9. The van der Waals surface area contributed by atoms with E-state index in [4.69, 9.17) is 4.42 Å². The fourth-order valence-corrected chi connectivity index (χ4v) is 7.63. The van der Waals surface area contributed by atoms with E-state index in [2.05, 4.69) is 191 Å². The summed E-state index contributed by atoms with van der Waals surface area (Å²) in [6, 6.07) is 69.2. The molecule has 0 aliphatic rings. The molecule has 0 saturated heterocycles. The lowest BCUT2D eigenvalue weighted by Gasteiger charge is -2.25. The van der Waals surface area contributed by atoms with E-state index in [0.717, 1.165) is 50.2 Å². The first-order valence-electron chi connectivity index (χ1n) is 17.4. The van der Waals surface area contributed by atoms with Crippen LogP contribution in [0.3, 0.4) is 0 Å². The first-order valence-corrected chi connectivity index (χ1v) is 17.4. The maximum Gasteiger partial charge on any atom is 0.137 e. The van der Waals surface area contributed by atoms with Crippen LogP contribution in [0.2, 0.25) is 0 Å². The first-order chi connectivity index (χ1) is 25.3. The van der Waals surface area contributed by atoms with Gasteiger partial charge in [-0.1, -0.05) is 115 Å². The number of rotatable bonds is 6. The maximum atomic E-state index is 6.38. The fraction of sp³-hybridized carbons (Fsp3) is 0.